The smallest absolute Gasteiger partial charge is 0.293 e. The fraction of sp³-hybridized carbons (Fsp3) is 0.417. The average Bonchev–Trinajstić information content (AvgIpc) is 2.46. The molecule has 0 bridgehead atoms. The van der Waals surface area contributed by atoms with Gasteiger partial charge < -0.3 is 21.1 Å². The van der Waals surface area contributed by atoms with Gasteiger partial charge in [-0.15, -0.1) is 0 Å². The lowest BCUT2D eigenvalue weighted by atomic mass is 10.1. The van der Waals surface area contributed by atoms with E-state index in [4.69, 9.17) is 16.2 Å². The van der Waals surface area contributed by atoms with Crippen LogP contribution in [0.25, 0.3) is 0 Å². The Labute approximate surface area is 115 Å². The van der Waals surface area contributed by atoms with Crippen LogP contribution < -0.4 is 16.4 Å². The van der Waals surface area contributed by atoms with Crippen molar-refractivity contribution in [2.45, 2.75) is 6.10 Å². The quantitative estimate of drug-likeness (QED) is 0.584. The molecule has 8 nitrogen and oxygen atoms in total. The zero-order valence-electron chi connectivity index (χ0n) is 10.8. The Bertz CT molecular complexity index is 534. The van der Waals surface area contributed by atoms with Crippen LogP contribution in [0, 0.1) is 10.1 Å². The molecule has 1 atom stereocenters. The van der Waals surface area contributed by atoms with Gasteiger partial charge in [-0.05, 0) is 12.1 Å². The van der Waals surface area contributed by atoms with E-state index in [2.05, 4.69) is 0 Å². The zero-order chi connectivity index (χ0) is 14.7. The predicted molar refractivity (Wildman–Crippen MR) is 72.6 cm³/mol. The molecular formula is C12H16N4O4. The second kappa shape index (κ2) is 5.85. The largest absolute Gasteiger partial charge is 0.373 e. The molecule has 1 aromatic carbocycles. The topological polar surface area (TPSA) is 125 Å². The molecule has 1 fully saturated rings. The van der Waals surface area contributed by atoms with E-state index in [-0.39, 0.29) is 17.4 Å². The maximum atomic E-state index is 11.2. The number of amides is 1. The van der Waals surface area contributed by atoms with E-state index in [9.17, 15) is 14.9 Å². The van der Waals surface area contributed by atoms with Crippen molar-refractivity contribution in [3.05, 3.63) is 33.9 Å². The summed E-state index contributed by atoms with van der Waals surface area (Å²) in [6.45, 7) is 1.82. The number of benzene rings is 1. The van der Waals surface area contributed by atoms with Crippen LogP contribution in [0.4, 0.5) is 11.4 Å². The first-order chi connectivity index (χ1) is 9.52. The zero-order valence-corrected chi connectivity index (χ0v) is 10.8. The second-order valence-corrected chi connectivity index (χ2v) is 4.50. The third-order valence-corrected chi connectivity index (χ3v) is 3.20. The van der Waals surface area contributed by atoms with Gasteiger partial charge in [0.05, 0.1) is 17.6 Å². The summed E-state index contributed by atoms with van der Waals surface area (Å²) in [4.78, 5) is 23.6. The Morgan fingerprint density at radius 2 is 2.30 bits per heavy atom. The molecule has 4 N–H and O–H groups in total. The van der Waals surface area contributed by atoms with Gasteiger partial charge in [0.2, 0.25) is 5.91 Å². The summed E-state index contributed by atoms with van der Waals surface area (Å²) in [5.74, 6) is -0.693. The Balaban J connectivity index is 2.35. The second-order valence-electron chi connectivity index (χ2n) is 4.50. The first-order valence-electron chi connectivity index (χ1n) is 6.17. The van der Waals surface area contributed by atoms with Crippen LogP contribution in [0.1, 0.15) is 10.4 Å². The van der Waals surface area contributed by atoms with E-state index in [1.54, 1.807) is 0 Å². The summed E-state index contributed by atoms with van der Waals surface area (Å²) < 4.78 is 5.43. The van der Waals surface area contributed by atoms with E-state index < -0.39 is 10.8 Å². The molecule has 1 amide bonds. The molecule has 0 saturated carbocycles. The first-order valence-corrected chi connectivity index (χ1v) is 6.17. The number of nitrogens with zero attached hydrogens (tertiary/aromatic N) is 2. The molecule has 1 aliphatic rings. The molecule has 2 rings (SSSR count). The Morgan fingerprint density at radius 3 is 2.90 bits per heavy atom. The predicted octanol–water partition coefficient (Wildman–Crippen LogP) is -0.142. The van der Waals surface area contributed by atoms with Crippen molar-refractivity contribution in [3.63, 3.8) is 0 Å². The maximum absolute atomic E-state index is 11.2. The number of morpholine rings is 1. The van der Waals surface area contributed by atoms with E-state index in [1.165, 1.54) is 18.2 Å². The number of hydrogen-bond acceptors (Lipinski definition) is 6. The van der Waals surface area contributed by atoms with E-state index >= 15 is 0 Å². The van der Waals surface area contributed by atoms with Gasteiger partial charge in [-0.25, -0.2) is 0 Å². The van der Waals surface area contributed by atoms with Gasteiger partial charge in [0.25, 0.3) is 5.69 Å². The van der Waals surface area contributed by atoms with Gasteiger partial charge in [-0.2, -0.15) is 0 Å². The summed E-state index contributed by atoms with van der Waals surface area (Å²) in [6, 6.07) is 4.22. The minimum Gasteiger partial charge on any atom is -0.373 e. The highest BCUT2D eigenvalue weighted by Gasteiger charge is 2.26. The van der Waals surface area contributed by atoms with Gasteiger partial charge >= 0.3 is 0 Å². The lowest BCUT2D eigenvalue weighted by Crippen LogP contribution is -2.45. The minimum atomic E-state index is -0.693. The molecule has 1 heterocycles. The number of hydrogen-bond donors (Lipinski definition) is 2. The number of nitro benzene ring substituents is 1. The lowest BCUT2D eigenvalue weighted by Gasteiger charge is -2.33. The fourth-order valence-corrected chi connectivity index (χ4v) is 2.17. The monoisotopic (exact) mass is 280 g/mol. The van der Waals surface area contributed by atoms with Crippen LogP contribution in [0.5, 0.6) is 0 Å². The third kappa shape index (κ3) is 2.86. The van der Waals surface area contributed by atoms with Crippen LogP contribution in [0.2, 0.25) is 0 Å². The maximum Gasteiger partial charge on any atom is 0.293 e. The summed E-state index contributed by atoms with van der Waals surface area (Å²) in [7, 11) is 0. The Hall–Kier alpha value is -2.19. The average molecular weight is 280 g/mol. The standard InChI is InChI=1S/C12H16N4O4/c13-6-9-7-15(3-4-20-9)10-2-1-8(12(14)17)5-11(10)16(18)19/h1-2,5,9H,3-4,6-7,13H2,(H2,14,17). The van der Waals surface area contributed by atoms with Gasteiger partial charge in [-0.1, -0.05) is 0 Å². The molecule has 0 radical (unpaired) electrons. The van der Waals surface area contributed by atoms with Crippen LogP contribution in [-0.2, 0) is 4.74 Å². The molecule has 0 aromatic heterocycles. The van der Waals surface area contributed by atoms with Crippen LogP contribution in [0.3, 0.4) is 0 Å². The molecule has 1 saturated heterocycles. The van der Waals surface area contributed by atoms with Crippen LogP contribution >= 0.6 is 0 Å². The van der Waals surface area contributed by atoms with E-state index in [0.717, 1.165) is 0 Å². The molecule has 1 unspecified atom stereocenters. The number of carbonyl (C=O) groups is 1. The third-order valence-electron chi connectivity index (χ3n) is 3.20. The van der Waals surface area contributed by atoms with Crippen molar-refractivity contribution in [2.24, 2.45) is 11.5 Å². The summed E-state index contributed by atoms with van der Waals surface area (Å²) >= 11 is 0. The van der Waals surface area contributed by atoms with E-state index in [1.807, 2.05) is 4.90 Å². The summed E-state index contributed by atoms with van der Waals surface area (Å²) in [6.07, 6.45) is -0.154. The molecule has 0 spiro atoms. The number of nitro groups is 1. The van der Waals surface area contributed by atoms with Crippen LogP contribution in [0.15, 0.2) is 18.2 Å². The van der Waals surface area contributed by atoms with Crippen molar-refractivity contribution in [1.82, 2.24) is 0 Å². The molecule has 1 aliphatic heterocycles. The van der Waals surface area contributed by atoms with Gasteiger partial charge in [0.15, 0.2) is 0 Å². The number of nitrogens with two attached hydrogens (primary N) is 2. The van der Waals surface area contributed by atoms with Crippen LogP contribution in [-0.4, -0.2) is 43.2 Å². The fourth-order valence-electron chi connectivity index (χ4n) is 2.17. The Morgan fingerprint density at radius 1 is 1.55 bits per heavy atom. The first kappa shape index (κ1) is 14.2. The SMILES string of the molecule is NCC1CN(c2ccc(C(N)=O)cc2[N+](=O)[O-])CCO1. The van der Waals surface area contributed by atoms with Crippen molar-refractivity contribution in [2.75, 3.05) is 31.1 Å². The number of rotatable bonds is 4. The molecule has 0 aliphatic carbocycles. The molecule has 1 aromatic rings. The van der Waals surface area contributed by atoms with Gasteiger partial charge in [0.1, 0.15) is 5.69 Å². The van der Waals surface area contributed by atoms with Gasteiger partial charge in [0, 0.05) is 31.3 Å². The van der Waals surface area contributed by atoms with Gasteiger partial charge in [-0.3, -0.25) is 14.9 Å². The molecule has 8 heteroatoms. The summed E-state index contributed by atoms with van der Waals surface area (Å²) in [5.41, 5.74) is 11.1. The molecular weight excluding hydrogens is 264 g/mol. The minimum absolute atomic E-state index is 0.115. The van der Waals surface area contributed by atoms with E-state index in [0.29, 0.717) is 31.9 Å². The Kier molecular flexibility index (Phi) is 4.16. The summed E-state index contributed by atoms with van der Waals surface area (Å²) in [5, 5.41) is 11.2. The molecule has 108 valence electrons. The van der Waals surface area contributed by atoms with Crippen molar-refractivity contribution >= 4 is 17.3 Å². The number of ether oxygens (including phenoxy) is 1. The number of anilines is 1. The number of carbonyl (C=O) groups excluding carboxylic acids is 1. The molecule has 20 heavy (non-hydrogen) atoms. The lowest BCUT2D eigenvalue weighted by molar-refractivity contribution is -0.384. The van der Waals surface area contributed by atoms with Crippen molar-refractivity contribution < 1.29 is 14.5 Å². The normalized spacial score (nSPS) is 18.9. The highest BCUT2D eigenvalue weighted by Crippen LogP contribution is 2.30. The highest BCUT2D eigenvalue weighted by molar-refractivity contribution is 5.94. The highest BCUT2D eigenvalue weighted by atomic mass is 16.6. The van der Waals surface area contributed by atoms with Crippen molar-refractivity contribution in [1.29, 1.82) is 0 Å². The van der Waals surface area contributed by atoms with Crippen molar-refractivity contribution in [3.8, 4) is 0 Å². The number of primary amides is 1.